The summed E-state index contributed by atoms with van der Waals surface area (Å²) in [5.74, 6) is 0.662. The summed E-state index contributed by atoms with van der Waals surface area (Å²) < 4.78 is 5.31. The molecule has 1 rings (SSSR count). The first-order valence-corrected chi connectivity index (χ1v) is 6.44. The number of hydrogen-bond acceptors (Lipinski definition) is 3. The van der Waals surface area contributed by atoms with Crippen LogP contribution in [0.2, 0.25) is 0 Å². The van der Waals surface area contributed by atoms with Crippen molar-refractivity contribution < 1.29 is 9.53 Å². The Labute approximate surface area is 109 Å². The Kier molecular flexibility index (Phi) is 5.20. The van der Waals surface area contributed by atoms with Crippen LogP contribution >= 0.6 is 0 Å². The fourth-order valence-electron chi connectivity index (χ4n) is 2.03. The van der Waals surface area contributed by atoms with Crippen LogP contribution in [0.3, 0.4) is 0 Å². The fraction of sp³-hybridized carbons (Fsp3) is 0.533. The van der Waals surface area contributed by atoms with E-state index < -0.39 is 0 Å². The zero-order chi connectivity index (χ0) is 13.7. The molecule has 18 heavy (non-hydrogen) atoms. The highest BCUT2D eigenvalue weighted by atomic mass is 16.5. The zero-order valence-corrected chi connectivity index (χ0v) is 11.7. The standard InChI is InChI=1S/C15H23NO2/c1-10(2)8-11(3)9-18-15(17)13-7-5-6-12(4)14(13)16/h5-7,10-11H,8-9,16H2,1-4H3. The van der Waals surface area contributed by atoms with E-state index in [1.807, 2.05) is 19.1 Å². The normalized spacial score (nSPS) is 12.5. The maximum absolute atomic E-state index is 11.9. The number of benzene rings is 1. The molecule has 100 valence electrons. The van der Waals surface area contributed by atoms with Crippen LogP contribution in [0.1, 0.15) is 43.1 Å². The Morgan fingerprint density at radius 3 is 2.61 bits per heavy atom. The summed E-state index contributed by atoms with van der Waals surface area (Å²) in [6.45, 7) is 8.75. The van der Waals surface area contributed by atoms with Crippen LogP contribution in [0.4, 0.5) is 5.69 Å². The average molecular weight is 249 g/mol. The van der Waals surface area contributed by atoms with E-state index in [1.165, 1.54) is 0 Å². The first-order valence-electron chi connectivity index (χ1n) is 6.44. The number of rotatable bonds is 5. The Morgan fingerprint density at radius 1 is 1.33 bits per heavy atom. The molecule has 0 spiro atoms. The maximum atomic E-state index is 11.9. The predicted octanol–water partition coefficient (Wildman–Crippen LogP) is 3.42. The summed E-state index contributed by atoms with van der Waals surface area (Å²) in [5.41, 5.74) is 7.75. The minimum absolute atomic E-state index is 0.327. The molecule has 0 fully saturated rings. The summed E-state index contributed by atoms with van der Waals surface area (Å²) in [6.07, 6.45) is 1.05. The lowest BCUT2D eigenvalue weighted by atomic mass is 10.00. The molecule has 0 aliphatic carbocycles. The lowest BCUT2D eigenvalue weighted by Gasteiger charge is -2.15. The van der Waals surface area contributed by atoms with Gasteiger partial charge in [-0.2, -0.15) is 0 Å². The first-order chi connectivity index (χ1) is 8.41. The Bertz CT molecular complexity index is 413. The number of esters is 1. The third-order valence-corrected chi connectivity index (χ3v) is 2.92. The van der Waals surface area contributed by atoms with E-state index in [0.717, 1.165) is 12.0 Å². The van der Waals surface area contributed by atoms with Gasteiger partial charge in [-0.1, -0.05) is 32.9 Å². The molecular weight excluding hydrogens is 226 g/mol. The van der Waals surface area contributed by atoms with Gasteiger partial charge >= 0.3 is 5.97 Å². The first kappa shape index (κ1) is 14.6. The third-order valence-electron chi connectivity index (χ3n) is 2.92. The second kappa shape index (κ2) is 6.43. The molecule has 0 aliphatic heterocycles. The maximum Gasteiger partial charge on any atom is 0.340 e. The summed E-state index contributed by atoms with van der Waals surface area (Å²) in [7, 11) is 0. The van der Waals surface area contributed by atoms with Crippen LogP contribution in [-0.2, 0) is 4.74 Å². The topological polar surface area (TPSA) is 52.3 Å². The van der Waals surface area contributed by atoms with Crippen molar-refractivity contribution in [3.05, 3.63) is 29.3 Å². The van der Waals surface area contributed by atoms with Crippen molar-refractivity contribution in [3.8, 4) is 0 Å². The second-order valence-electron chi connectivity index (χ2n) is 5.37. The largest absolute Gasteiger partial charge is 0.462 e. The number of hydrogen-bond donors (Lipinski definition) is 1. The van der Waals surface area contributed by atoms with E-state index >= 15 is 0 Å². The Balaban J connectivity index is 2.58. The fourth-order valence-corrected chi connectivity index (χ4v) is 2.03. The quantitative estimate of drug-likeness (QED) is 0.642. The molecule has 0 bridgehead atoms. The lowest BCUT2D eigenvalue weighted by molar-refractivity contribution is 0.0437. The Hall–Kier alpha value is -1.51. The molecule has 1 atom stereocenters. The minimum Gasteiger partial charge on any atom is -0.462 e. The van der Waals surface area contributed by atoms with Crippen LogP contribution in [0, 0.1) is 18.8 Å². The monoisotopic (exact) mass is 249 g/mol. The van der Waals surface area contributed by atoms with Gasteiger partial charge < -0.3 is 10.5 Å². The number of carbonyl (C=O) groups excluding carboxylic acids is 1. The number of ether oxygens (including phenoxy) is 1. The van der Waals surface area contributed by atoms with Crippen molar-refractivity contribution in [1.82, 2.24) is 0 Å². The summed E-state index contributed by atoms with van der Waals surface area (Å²) in [4.78, 5) is 11.9. The van der Waals surface area contributed by atoms with Gasteiger partial charge in [0.25, 0.3) is 0 Å². The van der Waals surface area contributed by atoms with Crippen LogP contribution < -0.4 is 5.73 Å². The van der Waals surface area contributed by atoms with E-state index in [0.29, 0.717) is 29.7 Å². The van der Waals surface area contributed by atoms with Crippen LogP contribution in [0.25, 0.3) is 0 Å². The third kappa shape index (κ3) is 4.06. The van der Waals surface area contributed by atoms with E-state index in [1.54, 1.807) is 6.07 Å². The molecule has 0 aliphatic rings. The number of aryl methyl sites for hydroxylation is 1. The number of carbonyl (C=O) groups is 1. The molecule has 0 heterocycles. The number of nitrogens with two attached hydrogens (primary N) is 1. The molecule has 0 saturated heterocycles. The number of nitrogen functional groups attached to an aromatic ring is 1. The molecule has 0 saturated carbocycles. The zero-order valence-electron chi connectivity index (χ0n) is 11.7. The van der Waals surface area contributed by atoms with Crippen molar-refractivity contribution in [2.45, 2.75) is 34.1 Å². The molecule has 2 N–H and O–H groups in total. The summed E-state index contributed by atoms with van der Waals surface area (Å²) >= 11 is 0. The van der Waals surface area contributed by atoms with Gasteiger partial charge in [-0.05, 0) is 36.8 Å². The van der Waals surface area contributed by atoms with Gasteiger partial charge in [0.1, 0.15) is 0 Å². The Morgan fingerprint density at radius 2 is 2.00 bits per heavy atom. The molecule has 3 heteroatoms. The highest BCUT2D eigenvalue weighted by Crippen LogP contribution is 2.18. The lowest BCUT2D eigenvalue weighted by Crippen LogP contribution is -2.15. The SMILES string of the molecule is Cc1cccc(C(=O)OCC(C)CC(C)C)c1N. The molecular formula is C15H23NO2. The van der Waals surface area contributed by atoms with Crippen molar-refractivity contribution in [2.75, 3.05) is 12.3 Å². The van der Waals surface area contributed by atoms with Gasteiger partial charge in [0, 0.05) is 5.69 Å². The van der Waals surface area contributed by atoms with Crippen molar-refractivity contribution in [3.63, 3.8) is 0 Å². The average Bonchev–Trinajstić information content (AvgIpc) is 2.29. The second-order valence-corrected chi connectivity index (χ2v) is 5.37. The van der Waals surface area contributed by atoms with Crippen molar-refractivity contribution in [1.29, 1.82) is 0 Å². The van der Waals surface area contributed by atoms with Gasteiger partial charge in [-0.25, -0.2) is 4.79 Å². The highest BCUT2D eigenvalue weighted by molar-refractivity contribution is 5.95. The van der Waals surface area contributed by atoms with Gasteiger partial charge in [-0.15, -0.1) is 0 Å². The molecule has 0 amide bonds. The van der Waals surface area contributed by atoms with Gasteiger partial charge in [0.15, 0.2) is 0 Å². The van der Waals surface area contributed by atoms with E-state index in [-0.39, 0.29) is 5.97 Å². The predicted molar refractivity (Wildman–Crippen MR) is 74.5 cm³/mol. The smallest absolute Gasteiger partial charge is 0.340 e. The van der Waals surface area contributed by atoms with Crippen molar-refractivity contribution in [2.24, 2.45) is 11.8 Å². The summed E-state index contributed by atoms with van der Waals surface area (Å²) in [6, 6.07) is 5.41. The van der Waals surface area contributed by atoms with E-state index in [2.05, 4.69) is 20.8 Å². The molecule has 1 aromatic rings. The molecule has 1 unspecified atom stereocenters. The van der Waals surface area contributed by atoms with Crippen molar-refractivity contribution >= 4 is 11.7 Å². The van der Waals surface area contributed by atoms with Gasteiger partial charge in [-0.3, -0.25) is 0 Å². The van der Waals surface area contributed by atoms with E-state index in [9.17, 15) is 4.79 Å². The summed E-state index contributed by atoms with van der Waals surface area (Å²) in [5, 5.41) is 0. The highest BCUT2D eigenvalue weighted by Gasteiger charge is 2.14. The van der Waals surface area contributed by atoms with Crippen LogP contribution in [-0.4, -0.2) is 12.6 Å². The number of anilines is 1. The molecule has 0 aromatic heterocycles. The van der Waals surface area contributed by atoms with E-state index in [4.69, 9.17) is 10.5 Å². The molecule has 3 nitrogen and oxygen atoms in total. The van der Waals surface area contributed by atoms with Gasteiger partial charge in [0.05, 0.1) is 12.2 Å². The van der Waals surface area contributed by atoms with Crippen LogP contribution in [0.15, 0.2) is 18.2 Å². The minimum atomic E-state index is -0.327. The number of para-hydroxylation sites is 1. The van der Waals surface area contributed by atoms with Crippen LogP contribution in [0.5, 0.6) is 0 Å². The molecule has 1 aromatic carbocycles. The van der Waals surface area contributed by atoms with Gasteiger partial charge in [0.2, 0.25) is 0 Å². The molecule has 0 radical (unpaired) electrons.